The molecule has 0 aliphatic heterocycles. The molecule has 0 fully saturated rings. The zero-order chi connectivity index (χ0) is 10.3. The van der Waals surface area contributed by atoms with Gasteiger partial charge in [0.2, 0.25) is 0 Å². The Morgan fingerprint density at radius 3 is 2.38 bits per heavy atom. The van der Waals surface area contributed by atoms with E-state index in [-0.39, 0.29) is 6.61 Å². The van der Waals surface area contributed by atoms with E-state index in [0.29, 0.717) is 0 Å². The second kappa shape index (κ2) is 6.75. The number of aliphatic carboxylic acids is 1. The van der Waals surface area contributed by atoms with Crippen LogP contribution in [0.3, 0.4) is 0 Å². The molecule has 13 heavy (non-hydrogen) atoms. The normalized spacial score (nSPS) is 15.3. The maximum absolute atomic E-state index is 10.3. The molecule has 0 aromatic carbocycles. The predicted molar refractivity (Wildman–Crippen MR) is 40.7 cm³/mol. The van der Waals surface area contributed by atoms with Crippen molar-refractivity contribution in [3.05, 3.63) is 0 Å². The second-order valence-electron chi connectivity index (χ2n) is 2.34. The van der Waals surface area contributed by atoms with Crippen LogP contribution in [0.4, 0.5) is 0 Å². The molecule has 0 aliphatic carbocycles. The van der Waals surface area contributed by atoms with Crippen molar-refractivity contribution in [2.24, 2.45) is 0 Å². The number of hydroxylamine groups is 1. The van der Waals surface area contributed by atoms with Gasteiger partial charge in [-0.3, -0.25) is 9.63 Å². The summed E-state index contributed by atoms with van der Waals surface area (Å²) in [7, 11) is 0. The fourth-order valence-corrected chi connectivity index (χ4v) is 0.463. The van der Waals surface area contributed by atoms with Gasteiger partial charge in [0.25, 0.3) is 0 Å². The van der Waals surface area contributed by atoms with E-state index in [4.69, 9.17) is 20.4 Å². The van der Waals surface area contributed by atoms with Gasteiger partial charge in [-0.15, -0.1) is 0 Å². The molecule has 0 radical (unpaired) electrons. The number of aliphatic hydroxyl groups excluding tert-OH is 3. The maximum atomic E-state index is 10.3. The fourth-order valence-electron chi connectivity index (χ4n) is 0.463. The van der Waals surface area contributed by atoms with E-state index >= 15 is 0 Å². The molecule has 0 bridgehead atoms. The van der Waals surface area contributed by atoms with Gasteiger partial charge in [0.05, 0.1) is 19.8 Å². The van der Waals surface area contributed by atoms with Crippen LogP contribution >= 0.6 is 0 Å². The number of hydrogen-bond donors (Lipinski definition) is 5. The second-order valence-corrected chi connectivity index (χ2v) is 2.34. The summed E-state index contributed by atoms with van der Waals surface area (Å²) in [5.41, 5.74) is 2.01. The van der Waals surface area contributed by atoms with Crippen molar-refractivity contribution in [1.82, 2.24) is 5.48 Å². The SMILES string of the molecule is O=C(O)[C@H](CO)NOCC(O)CO. The highest BCUT2D eigenvalue weighted by Gasteiger charge is 2.15. The van der Waals surface area contributed by atoms with Gasteiger partial charge in [0, 0.05) is 0 Å². The summed E-state index contributed by atoms with van der Waals surface area (Å²) >= 11 is 0. The van der Waals surface area contributed by atoms with E-state index in [1.54, 1.807) is 0 Å². The molecule has 0 rings (SSSR count). The first-order chi connectivity index (χ1) is 6.11. The van der Waals surface area contributed by atoms with Crippen molar-refractivity contribution < 1.29 is 30.1 Å². The van der Waals surface area contributed by atoms with Crippen LogP contribution in [0.15, 0.2) is 0 Å². The molecule has 0 heterocycles. The third-order valence-electron chi connectivity index (χ3n) is 1.19. The van der Waals surface area contributed by atoms with Crippen LogP contribution in [0, 0.1) is 0 Å². The monoisotopic (exact) mass is 195 g/mol. The summed E-state index contributed by atoms with van der Waals surface area (Å²) in [6.07, 6.45) is -1.07. The number of carboxylic acid groups (broad SMARTS) is 1. The molecule has 0 aliphatic rings. The predicted octanol–water partition coefficient (Wildman–Crippen LogP) is -2.69. The lowest BCUT2D eigenvalue weighted by molar-refractivity contribution is -0.147. The minimum Gasteiger partial charge on any atom is -0.480 e. The molecule has 0 aromatic heterocycles. The summed E-state index contributed by atoms with van der Waals surface area (Å²) in [4.78, 5) is 14.8. The minimum atomic E-state index is -1.26. The average Bonchev–Trinajstić information content (AvgIpc) is 2.11. The highest BCUT2D eigenvalue weighted by Crippen LogP contribution is 1.85. The highest BCUT2D eigenvalue weighted by atomic mass is 16.7. The van der Waals surface area contributed by atoms with Crippen LogP contribution in [0.5, 0.6) is 0 Å². The Bertz CT molecular complexity index is 152. The van der Waals surface area contributed by atoms with Crippen molar-refractivity contribution in [1.29, 1.82) is 0 Å². The summed E-state index contributed by atoms with van der Waals surface area (Å²) in [5, 5.41) is 34.0. The van der Waals surface area contributed by atoms with Gasteiger partial charge in [-0.25, -0.2) is 0 Å². The zero-order valence-electron chi connectivity index (χ0n) is 6.88. The molecule has 0 spiro atoms. The average molecular weight is 195 g/mol. The lowest BCUT2D eigenvalue weighted by Crippen LogP contribution is -2.41. The van der Waals surface area contributed by atoms with Crippen LogP contribution in [0.25, 0.3) is 0 Å². The topological polar surface area (TPSA) is 119 Å². The molecule has 2 atom stereocenters. The van der Waals surface area contributed by atoms with E-state index in [0.717, 1.165) is 0 Å². The van der Waals surface area contributed by atoms with Crippen LogP contribution in [0.1, 0.15) is 0 Å². The first kappa shape index (κ1) is 12.3. The van der Waals surface area contributed by atoms with E-state index in [2.05, 4.69) is 4.84 Å². The molecule has 0 saturated heterocycles. The smallest absolute Gasteiger partial charge is 0.325 e. The van der Waals surface area contributed by atoms with Crippen molar-refractivity contribution in [2.75, 3.05) is 19.8 Å². The fraction of sp³-hybridized carbons (Fsp3) is 0.833. The Hall–Kier alpha value is -0.730. The first-order valence-corrected chi connectivity index (χ1v) is 3.61. The maximum Gasteiger partial charge on any atom is 0.325 e. The number of aliphatic hydroxyl groups is 3. The van der Waals surface area contributed by atoms with E-state index < -0.39 is 31.3 Å². The quantitative estimate of drug-likeness (QED) is 0.280. The number of nitrogens with one attached hydrogen (secondary N) is 1. The molecular formula is C6H13NO6. The lowest BCUT2D eigenvalue weighted by Gasteiger charge is -2.13. The van der Waals surface area contributed by atoms with Crippen LogP contribution < -0.4 is 5.48 Å². The van der Waals surface area contributed by atoms with Gasteiger partial charge in [-0.2, -0.15) is 5.48 Å². The van der Waals surface area contributed by atoms with Gasteiger partial charge in [-0.1, -0.05) is 0 Å². The van der Waals surface area contributed by atoms with Crippen molar-refractivity contribution in [2.45, 2.75) is 12.1 Å². The van der Waals surface area contributed by atoms with Gasteiger partial charge in [0.15, 0.2) is 6.04 Å². The minimum absolute atomic E-state index is 0.250. The summed E-state index contributed by atoms with van der Waals surface area (Å²) in [5.74, 6) is -1.26. The molecule has 0 saturated carbocycles. The summed E-state index contributed by atoms with van der Waals surface area (Å²) in [6.45, 7) is -1.34. The molecule has 0 aromatic rings. The standard InChI is InChI=1S/C6H13NO6/c8-1-4(10)3-13-7-5(2-9)6(11)12/h4-5,7-10H,1-3H2,(H,11,12)/t4?,5-/m0/s1. The largest absolute Gasteiger partial charge is 0.480 e. The Morgan fingerprint density at radius 2 is 2.00 bits per heavy atom. The van der Waals surface area contributed by atoms with Crippen molar-refractivity contribution in [3.63, 3.8) is 0 Å². The molecule has 7 nitrogen and oxygen atoms in total. The van der Waals surface area contributed by atoms with Crippen LogP contribution in [0.2, 0.25) is 0 Å². The summed E-state index contributed by atoms with van der Waals surface area (Å²) in [6, 6.07) is -1.23. The van der Waals surface area contributed by atoms with E-state index in [1.165, 1.54) is 0 Å². The number of carboxylic acids is 1. The number of carbonyl (C=O) groups is 1. The van der Waals surface area contributed by atoms with Crippen LogP contribution in [-0.4, -0.2) is 58.4 Å². The third-order valence-corrected chi connectivity index (χ3v) is 1.19. The lowest BCUT2D eigenvalue weighted by atomic mass is 10.3. The van der Waals surface area contributed by atoms with E-state index in [1.807, 2.05) is 5.48 Å². The van der Waals surface area contributed by atoms with Crippen LogP contribution in [-0.2, 0) is 9.63 Å². The third kappa shape index (κ3) is 5.50. The number of hydrogen-bond acceptors (Lipinski definition) is 6. The van der Waals surface area contributed by atoms with Gasteiger partial charge in [0.1, 0.15) is 6.10 Å². The Morgan fingerprint density at radius 1 is 1.38 bits per heavy atom. The van der Waals surface area contributed by atoms with Gasteiger partial charge < -0.3 is 20.4 Å². The molecule has 1 unspecified atom stereocenters. The van der Waals surface area contributed by atoms with E-state index in [9.17, 15) is 4.79 Å². The highest BCUT2D eigenvalue weighted by molar-refractivity contribution is 5.73. The molecule has 0 amide bonds. The Labute approximate surface area is 74.5 Å². The molecular weight excluding hydrogens is 182 g/mol. The molecule has 5 N–H and O–H groups in total. The molecule has 7 heteroatoms. The van der Waals surface area contributed by atoms with Crippen molar-refractivity contribution in [3.8, 4) is 0 Å². The Balaban J connectivity index is 3.55. The summed E-state index contributed by atoms with van der Waals surface area (Å²) < 4.78 is 0. The Kier molecular flexibility index (Phi) is 6.37. The van der Waals surface area contributed by atoms with Gasteiger partial charge >= 0.3 is 5.97 Å². The van der Waals surface area contributed by atoms with Gasteiger partial charge in [-0.05, 0) is 0 Å². The molecule has 78 valence electrons. The van der Waals surface area contributed by atoms with Crippen molar-refractivity contribution >= 4 is 5.97 Å². The number of rotatable bonds is 7. The first-order valence-electron chi connectivity index (χ1n) is 3.61. The zero-order valence-corrected chi connectivity index (χ0v) is 6.88.